The number of hydrogen-bond donors (Lipinski definition) is 13. The van der Waals surface area contributed by atoms with Gasteiger partial charge in [0.25, 0.3) is 5.91 Å². The van der Waals surface area contributed by atoms with E-state index in [2.05, 4.69) is 20.6 Å². The fourth-order valence-electron chi connectivity index (χ4n) is 8.54. The second kappa shape index (κ2) is 20.4. The van der Waals surface area contributed by atoms with E-state index in [0.29, 0.717) is 22.6 Å². The van der Waals surface area contributed by atoms with E-state index >= 15 is 0 Å². The van der Waals surface area contributed by atoms with Crippen molar-refractivity contribution in [1.29, 1.82) is 0 Å². The molecule has 0 unspecified atom stereocenters. The molecule has 1 saturated carbocycles. The number of hydrogen-bond acceptors (Lipinski definition) is 22. The van der Waals surface area contributed by atoms with Crippen LogP contribution in [0.4, 0.5) is 5.69 Å². The first-order valence-corrected chi connectivity index (χ1v) is 21.5. The van der Waals surface area contributed by atoms with Crippen LogP contribution in [0.2, 0.25) is 0 Å². The van der Waals surface area contributed by atoms with Gasteiger partial charge in [0.05, 0.1) is 43.0 Å². The van der Waals surface area contributed by atoms with Gasteiger partial charge in [-0.25, -0.2) is 9.67 Å². The molecule has 5 heterocycles. The Hall–Kier alpha value is -4.46. The van der Waals surface area contributed by atoms with Crippen LogP contribution in [0, 0.1) is 0 Å². The number of imidazole rings is 1. The summed E-state index contributed by atoms with van der Waals surface area (Å²) in [4.78, 5) is 17.3. The molecule has 3 aliphatic heterocycles. The van der Waals surface area contributed by atoms with Crippen molar-refractivity contribution in [3.8, 4) is 11.3 Å². The van der Waals surface area contributed by atoms with E-state index in [9.17, 15) is 35.4 Å². The topological polar surface area (TPSA) is 411 Å². The van der Waals surface area contributed by atoms with E-state index in [1.807, 2.05) is 12.1 Å². The Balaban J connectivity index is 1.02. The quantitative estimate of drug-likeness (QED) is 0.0562. The average molecular weight is 927 g/mol. The van der Waals surface area contributed by atoms with Crippen LogP contribution in [0.25, 0.3) is 11.3 Å². The molecular weight excluding hydrogens is 869 g/mol. The highest BCUT2D eigenvalue weighted by atomic mass is 16.8. The van der Waals surface area contributed by atoms with Gasteiger partial charge in [0.2, 0.25) is 0 Å². The molecular formula is C41H58N12O13. The Morgan fingerprint density at radius 2 is 1.35 bits per heavy atom. The van der Waals surface area contributed by atoms with Gasteiger partial charge in [0.1, 0.15) is 66.7 Å². The van der Waals surface area contributed by atoms with E-state index in [-0.39, 0.29) is 32.0 Å². The molecule has 0 bridgehead atoms. The summed E-state index contributed by atoms with van der Waals surface area (Å²) in [6.07, 6.45) is -16.1. The fraction of sp³-hybridized carbons (Fsp3) is 0.561. The molecule has 4 aliphatic rings. The third kappa shape index (κ3) is 9.90. The van der Waals surface area contributed by atoms with Gasteiger partial charge in [-0.3, -0.25) is 4.79 Å². The van der Waals surface area contributed by atoms with Crippen molar-refractivity contribution in [2.75, 3.05) is 18.4 Å². The molecule has 0 radical (unpaired) electrons. The number of anilines is 1. The van der Waals surface area contributed by atoms with Crippen molar-refractivity contribution in [2.24, 2.45) is 34.4 Å². The maximum atomic E-state index is 12.8. The Morgan fingerprint density at radius 3 is 2.00 bits per heavy atom. The van der Waals surface area contributed by atoms with Crippen molar-refractivity contribution >= 4 is 11.6 Å². The van der Waals surface area contributed by atoms with Crippen molar-refractivity contribution in [3.63, 3.8) is 0 Å². The molecule has 25 nitrogen and oxygen atoms in total. The van der Waals surface area contributed by atoms with Crippen LogP contribution < -0.4 is 39.7 Å². The molecule has 3 saturated heterocycles. The fourth-order valence-corrected chi connectivity index (χ4v) is 8.54. The molecule has 4 fully saturated rings. The summed E-state index contributed by atoms with van der Waals surface area (Å²) in [6, 6.07) is 11.6. The van der Waals surface area contributed by atoms with E-state index < -0.39 is 116 Å². The first kappa shape index (κ1) is 48.0. The Morgan fingerprint density at radius 1 is 0.712 bits per heavy atom. The maximum Gasteiger partial charge on any atom is 0.255 e. The largest absolute Gasteiger partial charge is 0.389 e. The first-order valence-electron chi connectivity index (χ1n) is 21.5. The number of nitrogens with one attached hydrogen (secondary N) is 1. The van der Waals surface area contributed by atoms with Gasteiger partial charge >= 0.3 is 0 Å². The number of aliphatic hydroxyl groups is 6. The van der Waals surface area contributed by atoms with E-state index in [1.165, 1.54) is 10.9 Å². The monoisotopic (exact) mass is 926 g/mol. The van der Waals surface area contributed by atoms with Crippen LogP contribution in [-0.2, 0) is 35.0 Å². The molecule has 19 atom stereocenters. The third-order valence-corrected chi connectivity index (χ3v) is 12.3. The summed E-state index contributed by atoms with van der Waals surface area (Å²) in [5.74, 6) is -0.255. The summed E-state index contributed by atoms with van der Waals surface area (Å²) in [6.45, 7) is -0.224. The molecule has 1 amide bonds. The predicted octanol–water partition coefficient (Wildman–Crippen LogP) is -5.30. The lowest BCUT2D eigenvalue weighted by Crippen LogP contribution is -2.68. The Kier molecular flexibility index (Phi) is 14.8. The van der Waals surface area contributed by atoms with Gasteiger partial charge < -0.3 is 103 Å². The van der Waals surface area contributed by atoms with Gasteiger partial charge in [-0.2, -0.15) is 0 Å². The lowest BCUT2D eigenvalue weighted by Gasteiger charge is -2.47. The van der Waals surface area contributed by atoms with Gasteiger partial charge in [-0.1, -0.05) is 35.5 Å². The van der Waals surface area contributed by atoms with Gasteiger partial charge in [0.15, 0.2) is 25.1 Å². The van der Waals surface area contributed by atoms with Gasteiger partial charge in [-0.15, -0.1) is 5.10 Å². The lowest BCUT2D eigenvalue weighted by molar-refractivity contribution is -0.307. The van der Waals surface area contributed by atoms with Gasteiger partial charge in [-0.05, 0) is 30.7 Å². The first-order chi connectivity index (χ1) is 31.6. The molecule has 19 N–H and O–H groups in total. The minimum Gasteiger partial charge on any atom is -0.389 e. The number of ether oxygens (including phenoxy) is 6. The SMILES string of the molecule is NC[C@@H]1O[C@H](O[C@H]2[C@@H](O)[C@H](O[C@@H]3[C@@H](O)[C@H](N)C[C@H](N)[C@H]3O[C@H]3O[C@H](CN)[C@@H](O)[C@H](O)[C@H]3N)O[C@@H]2n2cc(Cn3cnc(-c4cccc(NC(=O)c5ccccc5)c4)c3)nn2)[C@H](N)[C@@H](O)[C@@H]1O. The molecule has 2 aromatic heterocycles. The zero-order valence-electron chi connectivity index (χ0n) is 35.5. The Labute approximate surface area is 377 Å². The second-order valence-corrected chi connectivity index (χ2v) is 16.9. The summed E-state index contributed by atoms with van der Waals surface area (Å²) in [5.41, 5.74) is 39.7. The highest BCUT2D eigenvalue weighted by Crippen LogP contribution is 2.38. The molecule has 8 rings (SSSR count). The van der Waals surface area contributed by atoms with Crippen LogP contribution in [0.3, 0.4) is 0 Å². The average Bonchev–Trinajstić information content (AvgIpc) is 4.06. The highest BCUT2D eigenvalue weighted by Gasteiger charge is 2.55. The number of amides is 1. The molecule has 360 valence electrons. The van der Waals surface area contributed by atoms with Crippen LogP contribution in [-0.4, -0.2) is 184 Å². The van der Waals surface area contributed by atoms with Crippen molar-refractivity contribution in [2.45, 2.75) is 129 Å². The van der Waals surface area contributed by atoms with Crippen molar-refractivity contribution in [3.05, 3.63) is 84.6 Å². The number of carbonyl (C=O) groups is 1. The zero-order valence-corrected chi connectivity index (χ0v) is 35.5. The summed E-state index contributed by atoms with van der Waals surface area (Å²) in [7, 11) is 0. The number of rotatable bonds is 14. The maximum absolute atomic E-state index is 12.8. The van der Waals surface area contributed by atoms with E-state index in [1.54, 1.807) is 59.6 Å². The molecule has 2 aromatic carbocycles. The standard InChI is InChI=1S/C41H58N12O13/c42-11-24-29(55)31(57)26(46)39(61-24)63-34-22(45)10-21(44)28(54)35(34)64-41-33(59)36(65-40-27(47)32(58)30(56)25(12-43)62-40)38(66-41)53-14-20(50-51-53)13-52-15-23(48-16-52)18-7-4-8-19(9-18)49-37(60)17-5-2-1-3-6-17/h1-9,14-16,21-22,24-36,38-41,54-59H,10-13,42-47H2,(H,49,60)/t21-,22+,24-,25+,26-,27-,28+,29-,30-,31-,32-,33-,34-,35-,36+,38+,39-,40-,41-/m1/s1. The number of aliphatic hydroxyl groups excluding tert-OH is 6. The number of benzene rings is 2. The summed E-state index contributed by atoms with van der Waals surface area (Å²) >= 11 is 0. The molecule has 1 aliphatic carbocycles. The van der Waals surface area contributed by atoms with Crippen molar-refractivity contribution < 1.29 is 63.9 Å². The van der Waals surface area contributed by atoms with Crippen molar-refractivity contribution in [1.82, 2.24) is 24.5 Å². The number of carbonyl (C=O) groups excluding carboxylic acids is 1. The van der Waals surface area contributed by atoms with Crippen LogP contribution >= 0.6 is 0 Å². The third-order valence-electron chi connectivity index (χ3n) is 12.3. The van der Waals surface area contributed by atoms with Crippen LogP contribution in [0.5, 0.6) is 0 Å². The molecule has 4 aromatic rings. The van der Waals surface area contributed by atoms with Crippen LogP contribution in [0.15, 0.2) is 73.3 Å². The molecule has 25 heteroatoms. The predicted molar refractivity (Wildman–Crippen MR) is 228 cm³/mol. The highest BCUT2D eigenvalue weighted by molar-refractivity contribution is 6.04. The smallest absolute Gasteiger partial charge is 0.255 e. The lowest BCUT2D eigenvalue weighted by atomic mass is 9.84. The minimum absolute atomic E-state index is 0.0501. The second-order valence-electron chi connectivity index (χ2n) is 16.9. The number of nitrogens with zero attached hydrogens (tertiary/aromatic N) is 5. The van der Waals surface area contributed by atoms with E-state index in [0.717, 1.165) is 5.56 Å². The summed E-state index contributed by atoms with van der Waals surface area (Å²) < 4.78 is 39.6. The van der Waals surface area contributed by atoms with E-state index in [4.69, 9.17) is 62.8 Å². The molecule has 66 heavy (non-hydrogen) atoms. The zero-order chi connectivity index (χ0) is 47.0. The normalized spacial score (nSPS) is 38.3. The molecule has 0 spiro atoms. The van der Waals surface area contributed by atoms with Gasteiger partial charge in [0, 0.05) is 48.2 Å². The number of nitrogens with two attached hydrogens (primary N) is 6. The Bertz CT molecular complexity index is 2220. The summed E-state index contributed by atoms with van der Waals surface area (Å²) in [5, 5.41) is 77.2. The van der Waals surface area contributed by atoms with Crippen LogP contribution in [0.1, 0.15) is 28.7 Å². The minimum atomic E-state index is -1.71. The number of aromatic nitrogens is 5.